The number of hydrogen-bond acceptors (Lipinski definition) is 8. The molecule has 178 valence electrons. The maximum atomic E-state index is 5.59. The van der Waals surface area contributed by atoms with E-state index in [2.05, 4.69) is 10.2 Å². The Bertz CT molecular complexity index is 1150. The molecule has 0 unspecified atom stereocenters. The summed E-state index contributed by atoms with van der Waals surface area (Å²) in [4.78, 5) is 4.33. The molecule has 3 rings (SSSR count). The van der Waals surface area contributed by atoms with Gasteiger partial charge < -0.3 is 28.4 Å². The van der Waals surface area contributed by atoms with Crippen LogP contribution in [0.4, 0.5) is 5.69 Å². The minimum Gasteiger partial charge on any atom is -0.493 e. The fraction of sp³-hybridized carbons (Fsp3) is 0.269. The zero-order valence-corrected chi connectivity index (χ0v) is 20.8. The van der Waals surface area contributed by atoms with Gasteiger partial charge in [0.25, 0.3) is 0 Å². The van der Waals surface area contributed by atoms with E-state index in [0.717, 1.165) is 16.7 Å². The van der Waals surface area contributed by atoms with Crippen molar-refractivity contribution in [1.29, 1.82) is 0 Å². The molecule has 3 aromatic rings. The van der Waals surface area contributed by atoms with E-state index in [1.54, 1.807) is 48.7 Å². The molecule has 0 heterocycles. The summed E-state index contributed by atoms with van der Waals surface area (Å²) in [5.74, 6) is 3.25. The van der Waals surface area contributed by atoms with Crippen LogP contribution >= 0.6 is 12.2 Å². The molecule has 0 bridgehead atoms. The minimum absolute atomic E-state index is 0.304. The smallest absolute Gasteiger partial charge is 0.162 e. The van der Waals surface area contributed by atoms with Crippen molar-refractivity contribution in [3.63, 3.8) is 0 Å². The molecule has 0 saturated heterocycles. The third-order valence-corrected chi connectivity index (χ3v) is 5.58. The topological polar surface area (TPSA) is 67.7 Å². The van der Waals surface area contributed by atoms with Crippen molar-refractivity contribution in [2.45, 2.75) is 5.92 Å². The number of aliphatic imine (C=N–C) groups is 1. The first kappa shape index (κ1) is 24.9. The lowest BCUT2D eigenvalue weighted by atomic mass is 9.83. The van der Waals surface area contributed by atoms with E-state index in [-0.39, 0.29) is 5.92 Å². The molecule has 0 amide bonds. The molecule has 0 N–H and O–H groups in total. The Morgan fingerprint density at radius 3 is 1.41 bits per heavy atom. The number of methoxy groups -OCH3 is 6. The summed E-state index contributed by atoms with van der Waals surface area (Å²) in [5.41, 5.74) is 3.28. The number of nitrogens with zero attached hydrogens (tertiary/aromatic N) is 1. The van der Waals surface area contributed by atoms with Gasteiger partial charge in [0.1, 0.15) is 0 Å². The first-order chi connectivity index (χ1) is 16.5. The van der Waals surface area contributed by atoms with Crippen LogP contribution in [0.3, 0.4) is 0 Å². The standard InChI is InChI=1S/C26H27NO6S/c1-28-20-9-7-16(11-22(20)30-3)26(17-8-10-21(29-2)23(12-17)31-4)18-13-24(32-5)25(33-6)14-19(18)27-15-34/h7-14,26H,1-6H3. The fourth-order valence-corrected chi connectivity index (χ4v) is 3.98. The summed E-state index contributed by atoms with van der Waals surface area (Å²) in [5, 5.41) is 2.48. The maximum Gasteiger partial charge on any atom is 0.162 e. The van der Waals surface area contributed by atoms with Gasteiger partial charge in [-0.3, -0.25) is 0 Å². The molecule has 34 heavy (non-hydrogen) atoms. The van der Waals surface area contributed by atoms with Crippen LogP contribution in [0.15, 0.2) is 53.5 Å². The molecule has 0 fully saturated rings. The van der Waals surface area contributed by atoms with Gasteiger partial charge in [-0.15, -0.1) is 0 Å². The Morgan fingerprint density at radius 2 is 1.00 bits per heavy atom. The van der Waals surface area contributed by atoms with Gasteiger partial charge in [-0.1, -0.05) is 12.1 Å². The average Bonchev–Trinajstić information content (AvgIpc) is 2.88. The highest BCUT2D eigenvalue weighted by molar-refractivity contribution is 7.78. The molecular weight excluding hydrogens is 454 g/mol. The second kappa shape index (κ2) is 11.4. The molecule has 0 atom stereocenters. The van der Waals surface area contributed by atoms with E-state index in [4.69, 9.17) is 40.6 Å². The second-order valence-corrected chi connectivity index (χ2v) is 7.31. The number of thiocarbonyl (C=S) groups is 1. The molecule has 8 heteroatoms. The Hall–Kier alpha value is -3.74. The van der Waals surface area contributed by atoms with Gasteiger partial charge >= 0.3 is 0 Å². The lowest BCUT2D eigenvalue weighted by Crippen LogP contribution is -2.07. The number of hydrogen-bond donors (Lipinski definition) is 0. The highest BCUT2D eigenvalue weighted by Gasteiger charge is 2.25. The van der Waals surface area contributed by atoms with E-state index in [9.17, 15) is 0 Å². The Kier molecular flexibility index (Phi) is 8.35. The van der Waals surface area contributed by atoms with Crippen molar-refractivity contribution in [1.82, 2.24) is 0 Å². The van der Waals surface area contributed by atoms with Gasteiger partial charge in [0.05, 0.1) is 53.5 Å². The van der Waals surface area contributed by atoms with Crippen LogP contribution in [-0.4, -0.2) is 47.8 Å². The fourth-order valence-electron chi connectivity index (χ4n) is 3.88. The van der Waals surface area contributed by atoms with Crippen LogP contribution in [-0.2, 0) is 0 Å². The quantitative estimate of drug-likeness (QED) is 0.210. The van der Waals surface area contributed by atoms with Crippen molar-refractivity contribution >= 4 is 23.1 Å². The zero-order valence-electron chi connectivity index (χ0n) is 20.0. The molecule has 0 aliphatic carbocycles. The summed E-state index contributed by atoms with van der Waals surface area (Å²) in [6.45, 7) is 0. The van der Waals surface area contributed by atoms with Crippen molar-refractivity contribution in [3.05, 3.63) is 65.2 Å². The number of rotatable bonds is 10. The molecule has 0 aliphatic rings. The van der Waals surface area contributed by atoms with Crippen molar-refractivity contribution < 1.29 is 28.4 Å². The SMILES string of the molecule is COc1ccc(C(c2ccc(OC)c(OC)c2)c2cc(OC)c(OC)cc2N=C=S)cc1OC. The summed E-state index contributed by atoms with van der Waals surface area (Å²) in [6, 6.07) is 15.2. The zero-order chi connectivity index (χ0) is 24.7. The van der Waals surface area contributed by atoms with Gasteiger partial charge in [0, 0.05) is 12.0 Å². The Balaban J connectivity index is 2.36. The van der Waals surface area contributed by atoms with Gasteiger partial charge in [-0.25, -0.2) is 0 Å². The molecule has 0 saturated carbocycles. The molecule has 0 radical (unpaired) electrons. The molecule has 0 aliphatic heterocycles. The predicted molar refractivity (Wildman–Crippen MR) is 134 cm³/mol. The third-order valence-electron chi connectivity index (χ3n) is 5.49. The van der Waals surface area contributed by atoms with Crippen LogP contribution in [0.1, 0.15) is 22.6 Å². The normalized spacial score (nSPS) is 10.3. The number of isothiocyanates is 1. The Morgan fingerprint density at radius 1 is 0.588 bits per heavy atom. The summed E-state index contributed by atoms with van der Waals surface area (Å²) in [7, 11) is 9.57. The van der Waals surface area contributed by atoms with Crippen LogP contribution in [0.5, 0.6) is 34.5 Å². The molecule has 0 spiro atoms. The average molecular weight is 482 g/mol. The largest absolute Gasteiger partial charge is 0.493 e. The molecule has 3 aromatic carbocycles. The predicted octanol–water partition coefficient (Wildman–Crippen LogP) is 5.65. The second-order valence-electron chi connectivity index (χ2n) is 7.13. The van der Waals surface area contributed by atoms with E-state index in [1.807, 2.05) is 42.5 Å². The first-order valence-corrected chi connectivity index (χ1v) is 10.7. The minimum atomic E-state index is -0.304. The van der Waals surface area contributed by atoms with Gasteiger partial charge in [-0.2, -0.15) is 4.99 Å². The number of benzene rings is 3. The third kappa shape index (κ3) is 4.93. The Labute approximate surface area is 204 Å². The van der Waals surface area contributed by atoms with Gasteiger partial charge in [0.15, 0.2) is 34.5 Å². The number of ether oxygens (including phenoxy) is 6. The van der Waals surface area contributed by atoms with Crippen molar-refractivity contribution in [2.24, 2.45) is 4.99 Å². The summed E-state index contributed by atoms with van der Waals surface area (Å²) in [6.07, 6.45) is 0. The van der Waals surface area contributed by atoms with E-state index < -0.39 is 0 Å². The summed E-state index contributed by atoms with van der Waals surface area (Å²) < 4.78 is 33.1. The summed E-state index contributed by atoms with van der Waals surface area (Å²) >= 11 is 4.94. The monoisotopic (exact) mass is 481 g/mol. The van der Waals surface area contributed by atoms with Gasteiger partial charge in [0.2, 0.25) is 0 Å². The van der Waals surface area contributed by atoms with Gasteiger partial charge in [-0.05, 0) is 59.2 Å². The maximum absolute atomic E-state index is 5.59. The lowest BCUT2D eigenvalue weighted by molar-refractivity contribution is 0.353. The van der Waals surface area contributed by atoms with Crippen LogP contribution in [0, 0.1) is 0 Å². The van der Waals surface area contributed by atoms with Crippen LogP contribution < -0.4 is 28.4 Å². The van der Waals surface area contributed by atoms with Crippen molar-refractivity contribution in [3.8, 4) is 34.5 Å². The van der Waals surface area contributed by atoms with E-state index in [0.29, 0.717) is 40.2 Å². The van der Waals surface area contributed by atoms with E-state index >= 15 is 0 Å². The van der Waals surface area contributed by atoms with Crippen LogP contribution in [0.2, 0.25) is 0 Å². The highest BCUT2D eigenvalue weighted by atomic mass is 32.1. The van der Waals surface area contributed by atoms with Crippen molar-refractivity contribution in [2.75, 3.05) is 42.7 Å². The van der Waals surface area contributed by atoms with E-state index in [1.165, 1.54) is 0 Å². The lowest BCUT2D eigenvalue weighted by Gasteiger charge is -2.23. The van der Waals surface area contributed by atoms with Crippen LogP contribution in [0.25, 0.3) is 0 Å². The highest BCUT2D eigenvalue weighted by Crippen LogP contribution is 2.46. The molecule has 7 nitrogen and oxygen atoms in total. The molecular formula is C26H27NO6S. The first-order valence-electron chi connectivity index (χ1n) is 10.3. The molecule has 0 aromatic heterocycles.